The van der Waals surface area contributed by atoms with E-state index in [4.69, 9.17) is 38.4 Å². The fourth-order valence-electron chi connectivity index (χ4n) is 3.22. The highest BCUT2D eigenvalue weighted by molar-refractivity contribution is 7.17. The Kier molecular flexibility index (Phi) is 8.19. The zero-order valence-corrected chi connectivity index (χ0v) is 21.0. The molecule has 0 atom stereocenters. The Morgan fingerprint density at radius 3 is 2.35 bits per heavy atom. The predicted molar refractivity (Wildman–Crippen MR) is 135 cm³/mol. The van der Waals surface area contributed by atoms with Gasteiger partial charge in [0.25, 0.3) is 5.91 Å². The number of hydrogen-bond donors (Lipinski definition) is 2. The van der Waals surface area contributed by atoms with Crippen molar-refractivity contribution in [3.8, 4) is 11.1 Å². The number of anilines is 2. The van der Waals surface area contributed by atoms with Crippen LogP contribution in [0, 0.1) is 13.8 Å². The lowest BCUT2D eigenvalue weighted by atomic mass is 10.0. The van der Waals surface area contributed by atoms with Gasteiger partial charge in [0.1, 0.15) is 10.6 Å². The molecule has 1 amide bonds. The molecular formula is C24H22Cl2N2O5S. The van der Waals surface area contributed by atoms with Gasteiger partial charge >= 0.3 is 11.9 Å². The molecule has 3 aromatic rings. The third-order valence-electron chi connectivity index (χ3n) is 4.81. The molecular weight excluding hydrogens is 499 g/mol. The average molecular weight is 521 g/mol. The van der Waals surface area contributed by atoms with E-state index in [9.17, 15) is 14.4 Å². The van der Waals surface area contributed by atoms with Gasteiger partial charge in [-0.2, -0.15) is 0 Å². The number of carbonyl (C=O) groups excluding carboxylic acids is 3. The van der Waals surface area contributed by atoms with Crippen molar-refractivity contribution in [1.29, 1.82) is 0 Å². The lowest BCUT2D eigenvalue weighted by Gasteiger charge is -2.11. The van der Waals surface area contributed by atoms with E-state index < -0.39 is 24.5 Å². The predicted octanol–water partition coefficient (Wildman–Crippen LogP) is 5.89. The van der Waals surface area contributed by atoms with Crippen LogP contribution >= 0.6 is 34.5 Å². The summed E-state index contributed by atoms with van der Waals surface area (Å²) in [6.45, 7) is 5.09. The van der Waals surface area contributed by atoms with Gasteiger partial charge < -0.3 is 20.5 Å². The summed E-state index contributed by atoms with van der Waals surface area (Å²) in [7, 11) is 0. The van der Waals surface area contributed by atoms with Crippen LogP contribution in [0.1, 0.15) is 38.1 Å². The van der Waals surface area contributed by atoms with Crippen molar-refractivity contribution in [3.05, 3.63) is 68.0 Å². The van der Waals surface area contributed by atoms with Crippen LogP contribution in [0.5, 0.6) is 0 Å². The van der Waals surface area contributed by atoms with Crippen molar-refractivity contribution in [3.63, 3.8) is 0 Å². The summed E-state index contributed by atoms with van der Waals surface area (Å²) in [5.41, 5.74) is 8.58. The highest BCUT2D eigenvalue weighted by atomic mass is 35.5. The van der Waals surface area contributed by atoms with Gasteiger partial charge in [-0.15, -0.1) is 11.3 Å². The number of benzene rings is 2. The lowest BCUT2D eigenvalue weighted by Crippen LogP contribution is -2.22. The summed E-state index contributed by atoms with van der Waals surface area (Å²) in [5, 5.41) is 3.26. The molecule has 3 N–H and O–H groups in total. The largest absolute Gasteiger partial charge is 0.462 e. The summed E-state index contributed by atoms with van der Waals surface area (Å²) in [4.78, 5) is 38.6. The third-order valence-corrected chi connectivity index (χ3v) is 6.36. The Labute approximate surface area is 210 Å². The van der Waals surface area contributed by atoms with Crippen LogP contribution in [0.3, 0.4) is 0 Å². The summed E-state index contributed by atoms with van der Waals surface area (Å²) in [6, 6.07) is 10.4. The maximum atomic E-state index is 12.8. The summed E-state index contributed by atoms with van der Waals surface area (Å²) < 4.78 is 10.3. The molecule has 0 aliphatic carbocycles. The number of halogens is 2. The molecule has 0 radical (unpaired) electrons. The van der Waals surface area contributed by atoms with E-state index in [1.807, 2.05) is 38.1 Å². The number of nitrogens with one attached hydrogen (secondary N) is 1. The van der Waals surface area contributed by atoms with Crippen LogP contribution < -0.4 is 11.1 Å². The molecule has 0 saturated heterocycles. The number of esters is 2. The standard InChI is InChI=1S/C24H22Cl2N2O5S/c1-4-32-24(31)20-19(14-7-5-12(2)6-8-14)13(3)34-22(20)28-18(29)11-33-23(30)16-9-15(25)10-17(26)21(16)27/h5-10H,4,11,27H2,1-3H3,(H,28,29). The van der Waals surface area contributed by atoms with Gasteiger partial charge in [-0.05, 0) is 38.5 Å². The molecule has 3 rings (SSSR count). The van der Waals surface area contributed by atoms with E-state index in [1.165, 1.54) is 23.5 Å². The molecule has 1 aromatic heterocycles. The SMILES string of the molecule is CCOC(=O)c1c(NC(=O)COC(=O)c2cc(Cl)cc(Cl)c2N)sc(C)c1-c1ccc(C)cc1. The van der Waals surface area contributed by atoms with Crippen LogP contribution in [0.4, 0.5) is 10.7 Å². The number of amides is 1. The highest BCUT2D eigenvalue weighted by Gasteiger charge is 2.26. The van der Waals surface area contributed by atoms with E-state index in [-0.39, 0.29) is 33.5 Å². The monoisotopic (exact) mass is 520 g/mol. The minimum Gasteiger partial charge on any atom is -0.462 e. The molecule has 0 bridgehead atoms. The maximum Gasteiger partial charge on any atom is 0.341 e. The average Bonchev–Trinajstić information content (AvgIpc) is 3.10. The smallest absolute Gasteiger partial charge is 0.341 e. The molecule has 2 aromatic carbocycles. The van der Waals surface area contributed by atoms with Gasteiger partial charge in [-0.1, -0.05) is 53.0 Å². The van der Waals surface area contributed by atoms with Gasteiger partial charge in [0.05, 0.1) is 22.9 Å². The van der Waals surface area contributed by atoms with Gasteiger partial charge in [0.2, 0.25) is 0 Å². The molecule has 178 valence electrons. The van der Waals surface area contributed by atoms with E-state index in [0.29, 0.717) is 10.6 Å². The van der Waals surface area contributed by atoms with Crippen LogP contribution in [0.2, 0.25) is 10.0 Å². The van der Waals surface area contributed by atoms with Gasteiger partial charge in [-0.3, -0.25) is 4.79 Å². The number of rotatable bonds is 7. The van der Waals surface area contributed by atoms with E-state index in [0.717, 1.165) is 16.0 Å². The molecule has 0 aliphatic heterocycles. The number of ether oxygens (including phenoxy) is 2. The Balaban J connectivity index is 1.82. The minimum absolute atomic E-state index is 0.00214. The van der Waals surface area contributed by atoms with Gasteiger partial charge in [0.15, 0.2) is 6.61 Å². The maximum absolute atomic E-state index is 12.8. The summed E-state index contributed by atoms with van der Waals surface area (Å²) in [6.07, 6.45) is 0. The molecule has 0 saturated carbocycles. The zero-order valence-electron chi connectivity index (χ0n) is 18.7. The lowest BCUT2D eigenvalue weighted by molar-refractivity contribution is -0.119. The topological polar surface area (TPSA) is 108 Å². The van der Waals surface area contributed by atoms with Crippen molar-refractivity contribution < 1.29 is 23.9 Å². The van der Waals surface area contributed by atoms with Crippen LogP contribution in [-0.4, -0.2) is 31.1 Å². The van der Waals surface area contributed by atoms with E-state index in [1.54, 1.807) is 6.92 Å². The van der Waals surface area contributed by atoms with Gasteiger partial charge in [-0.25, -0.2) is 9.59 Å². The number of nitrogens with two attached hydrogens (primary N) is 1. The summed E-state index contributed by atoms with van der Waals surface area (Å²) in [5.74, 6) is -2.05. The van der Waals surface area contributed by atoms with Crippen molar-refractivity contribution in [2.75, 3.05) is 24.3 Å². The molecule has 10 heteroatoms. The Morgan fingerprint density at radius 2 is 1.71 bits per heavy atom. The first-order valence-electron chi connectivity index (χ1n) is 10.2. The number of hydrogen-bond acceptors (Lipinski definition) is 7. The van der Waals surface area contributed by atoms with Crippen LogP contribution in [0.25, 0.3) is 11.1 Å². The molecule has 0 spiro atoms. The number of nitrogen functional groups attached to an aromatic ring is 1. The molecule has 7 nitrogen and oxygen atoms in total. The Bertz CT molecular complexity index is 1260. The number of thiophene rings is 1. The first-order chi connectivity index (χ1) is 16.1. The molecule has 0 unspecified atom stereocenters. The van der Waals surface area contributed by atoms with Crippen molar-refractivity contribution in [2.45, 2.75) is 20.8 Å². The molecule has 34 heavy (non-hydrogen) atoms. The highest BCUT2D eigenvalue weighted by Crippen LogP contribution is 2.40. The van der Waals surface area contributed by atoms with Crippen molar-refractivity contribution in [2.24, 2.45) is 0 Å². The summed E-state index contributed by atoms with van der Waals surface area (Å²) >= 11 is 13.1. The molecule has 0 aliphatic rings. The van der Waals surface area contributed by atoms with Crippen LogP contribution in [0.15, 0.2) is 36.4 Å². The van der Waals surface area contributed by atoms with Crippen LogP contribution in [-0.2, 0) is 14.3 Å². The fraction of sp³-hybridized carbons (Fsp3) is 0.208. The first-order valence-corrected chi connectivity index (χ1v) is 11.8. The second kappa shape index (κ2) is 10.9. The number of aryl methyl sites for hydroxylation is 2. The molecule has 0 fully saturated rings. The minimum atomic E-state index is -0.856. The zero-order chi connectivity index (χ0) is 25.0. The van der Waals surface area contributed by atoms with E-state index in [2.05, 4.69) is 5.32 Å². The van der Waals surface area contributed by atoms with E-state index >= 15 is 0 Å². The Morgan fingerprint density at radius 1 is 1.03 bits per heavy atom. The normalized spacial score (nSPS) is 10.6. The third kappa shape index (κ3) is 5.70. The van der Waals surface area contributed by atoms with Gasteiger partial charge in [0, 0.05) is 15.5 Å². The van der Waals surface area contributed by atoms with Crippen molar-refractivity contribution >= 4 is 63.1 Å². The second-order valence-corrected chi connectivity index (χ2v) is 9.37. The Hall–Kier alpha value is -3.07. The quantitative estimate of drug-likeness (QED) is 0.296. The second-order valence-electron chi connectivity index (χ2n) is 7.30. The van der Waals surface area contributed by atoms with Crippen molar-refractivity contribution in [1.82, 2.24) is 0 Å². The number of carbonyl (C=O) groups is 3. The molecule has 1 heterocycles. The fourth-order valence-corrected chi connectivity index (χ4v) is 4.80. The first kappa shape index (κ1) is 25.6.